The monoisotopic (exact) mass is 293 g/mol. The fourth-order valence-corrected chi connectivity index (χ4v) is 4.86. The molecule has 0 aliphatic heterocycles. The highest BCUT2D eigenvalue weighted by Gasteiger charge is 2.39. The summed E-state index contributed by atoms with van der Waals surface area (Å²) in [5.41, 5.74) is 1.30. The highest BCUT2D eigenvalue weighted by atomic mass is 32.2. The van der Waals surface area contributed by atoms with Crippen LogP contribution in [0.25, 0.3) is 0 Å². The van der Waals surface area contributed by atoms with Crippen molar-refractivity contribution in [2.75, 3.05) is 6.26 Å². The van der Waals surface area contributed by atoms with Gasteiger partial charge in [0.05, 0.1) is 5.25 Å². The van der Waals surface area contributed by atoms with Gasteiger partial charge in [0.25, 0.3) is 0 Å². The van der Waals surface area contributed by atoms with Crippen LogP contribution in [0, 0.1) is 5.92 Å². The lowest BCUT2D eigenvalue weighted by atomic mass is 10.0. The first-order valence-corrected chi connectivity index (χ1v) is 9.51. The van der Waals surface area contributed by atoms with Crippen LogP contribution in [0.15, 0.2) is 30.3 Å². The summed E-state index contributed by atoms with van der Waals surface area (Å²) in [5.74, 6) is 0.679. The van der Waals surface area contributed by atoms with E-state index in [1.807, 2.05) is 6.07 Å². The predicted molar refractivity (Wildman–Crippen MR) is 81.3 cm³/mol. The standard InChI is InChI=1S/C16H23NO2S/c1-20(18,19)15-9-5-8-14(15)17-16(13-10-11-13)12-6-3-2-4-7-12/h2-4,6-7,13-17H,5,8-11H2,1H3. The zero-order chi connectivity index (χ0) is 14.2. The number of hydrogen-bond acceptors (Lipinski definition) is 3. The molecule has 2 saturated carbocycles. The maximum atomic E-state index is 11.9. The quantitative estimate of drug-likeness (QED) is 0.908. The molecule has 2 aliphatic rings. The first kappa shape index (κ1) is 14.1. The Morgan fingerprint density at radius 1 is 1.10 bits per heavy atom. The summed E-state index contributed by atoms with van der Waals surface area (Å²) in [4.78, 5) is 0. The highest BCUT2D eigenvalue weighted by Crippen LogP contribution is 2.42. The second kappa shape index (κ2) is 5.49. The van der Waals surface area contributed by atoms with Crippen molar-refractivity contribution in [2.24, 2.45) is 5.92 Å². The summed E-state index contributed by atoms with van der Waals surface area (Å²) < 4.78 is 23.8. The molecule has 3 rings (SSSR count). The maximum absolute atomic E-state index is 11.9. The second-order valence-corrected chi connectivity index (χ2v) is 8.56. The van der Waals surface area contributed by atoms with Gasteiger partial charge in [-0.1, -0.05) is 36.8 Å². The Hall–Kier alpha value is -0.870. The number of rotatable bonds is 5. The van der Waals surface area contributed by atoms with Crippen molar-refractivity contribution < 1.29 is 8.42 Å². The van der Waals surface area contributed by atoms with Gasteiger partial charge in [-0.3, -0.25) is 0 Å². The van der Waals surface area contributed by atoms with Crippen molar-refractivity contribution in [3.63, 3.8) is 0 Å². The lowest BCUT2D eigenvalue weighted by molar-refractivity contribution is 0.404. The Kier molecular flexibility index (Phi) is 3.87. The van der Waals surface area contributed by atoms with Crippen LogP contribution in [-0.4, -0.2) is 26.0 Å². The SMILES string of the molecule is CS(=O)(=O)C1CCCC1NC(c1ccccc1)C1CC1. The van der Waals surface area contributed by atoms with Gasteiger partial charge in [0.2, 0.25) is 0 Å². The van der Waals surface area contributed by atoms with E-state index in [1.165, 1.54) is 24.7 Å². The van der Waals surface area contributed by atoms with E-state index in [2.05, 4.69) is 29.6 Å². The Bertz CT molecular complexity index is 551. The van der Waals surface area contributed by atoms with Crippen LogP contribution < -0.4 is 5.32 Å². The fraction of sp³-hybridized carbons (Fsp3) is 0.625. The lowest BCUT2D eigenvalue weighted by Crippen LogP contribution is -2.42. The largest absolute Gasteiger partial charge is 0.306 e. The van der Waals surface area contributed by atoms with Gasteiger partial charge in [-0.05, 0) is 37.2 Å². The molecule has 0 heterocycles. The summed E-state index contributed by atoms with van der Waals surface area (Å²) in [6.45, 7) is 0. The fourth-order valence-electron chi connectivity index (χ4n) is 3.45. The van der Waals surface area contributed by atoms with E-state index >= 15 is 0 Å². The van der Waals surface area contributed by atoms with Crippen LogP contribution >= 0.6 is 0 Å². The third kappa shape index (κ3) is 3.07. The molecule has 0 aromatic heterocycles. The normalized spacial score (nSPS) is 28.4. The molecule has 1 N–H and O–H groups in total. The molecule has 2 aliphatic carbocycles. The Morgan fingerprint density at radius 3 is 2.40 bits per heavy atom. The average molecular weight is 293 g/mol. The number of hydrogen-bond donors (Lipinski definition) is 1. The first-order chi connectivity index (χ1) is 9.55. The van der Waals surface area contributed by atoms with E-state index in [0.717, 1.165) is 19.3 Å². The van der Waals surface area contributed by atoms with Gasteiger partial charge in [-0.25, -0.2) is 8.42 Å². The van der Waals surface area contributed by atoms with Crippen molar-refractivity contribution in [3.05, 3.63) is 35.9 Å². The number of sulfone groups is 1. The van der Waals surface area contributed by atoms with Crippen LogP contribution in [0.5, 0.6) is 0 Å². The molecule has 110 valence electrons. The van der Waals surface area contributed by atoms with Crippen LogP contribution in [-0.2, 0) is 9.84 Å². The van der Waals surface area contributed by atoms with Gasteiger partial charge >= 0.3 is 0 Å². The van der Waals surface area contributed by atoms with Crippen LogP contribution in [0.3, 0.4) is 0 Å². The Morgan fingerprint density at radius 2 is 1.80 bits per heavy atom. The molecule has 0 spiro atoms. The van der Waals surface area contributed by atoms with Gasteiger partial charge < -0.3 is 5.32 Å². The van der Waals surface area contributed by atoms with Crippen molar-refractivity contribution in [1.29, 1.82) is 0 Å². The minimum Gasteiger partial charge on any atom is -0.306 e. The molecule has 3 nitrogen and oxygen atoms in total. The highest BCUT2D eigenvalue weighted by molar-refractivity contribution is 7.91. The van der Waals surface area contributed by atoms with E-state index in [0.29, 0.717) is 12.0 Å². The minimum atomic E-state index is -2.95. The summed E-state index contributed by atoms with van der Waals surface area (Å²) >= 11 is 0. The van der Waals surface area contributed by atoms with E-state index in [-0.39, 0.29) is 11.3 Å². The molecule has 1 aromatic rings. The molecule has 0 saturated heterocycles. The van der Waals surface area contributed by atoms with E-state index in [1.54, 1.807) is 0 Å². The van der Waals surface area contributed by atoms with Crippen LogP contribution in [0.2, 0.25) is 0 Å². The van der Waals surface area contributed by atoms with Crippen LogP contribution in [0.4, 0.5) is 0 Å². The molecule has 0 bridgehead atoms. The summed E-state index contributed by atoms with van der Waals surface area (Å²) in [7, 11) is -2.95. The summed E-state index contributed by atoms with van der Waals surface area (Å²) in [5, 5.41) is 3.47. The van der Waals surface area contributed by atoms with Crippen molar-refractivity contribution in [3.8, 4) is 0 Å². The molecular formula is C16H23NO2S. The summed E-state index contributed by atoms with van der Waals surface area (Å²) in [6, 6.07) is 10.9. The van der Waals surface area contributed by atoms with Gasteiger partial charge in [0, 0.05) is 18.3 Å². The van der Waals surface area contributed by atoms with Crippen LogP contribution in [0.1, 0.15) is 43.7 Å². The lowest BCUT2D eigenvalue weighted by Gasteiger charge is -2.27. The minimum absolute atomic E-state index is 0.121. The third-order valence-corrected chi connectivity index (χ3v) is 6.31. The van der Waals surface area contributed by atoms with Crippen molar-refractivity contribution in [2.45, 2.75) is 49.4 Å². The Balaban J connectivity index is 1.77. The molecule has 1 aromatic carbocycles. The molecule has 0 amide bonds. The molecule has 4 heteroatoms. The molecule has 2 fully saturated rings. The smallest absolute Gasteiger partial charge is 0.151 e. The van der Waals surface area contributed by atoms with Gasteiger partial charge in [-0.2, -0.15) is 0 Å². The van der Waals surface area contributed by atoms with E-state index in [9.17, 15) is 8.42 Å². The maximum Gasteiger partial charge on any atom is 0.151 e. The number of benzene rings is 1. The zero-order valence-electron chi connectivity index (χ0n) is 12.0. The number of nitrogens with one attached hydrogen (secondary N) is 1. The van der Waals surface area contributed by atoms with Crippen molar-refractivity contribution in [1.82, 2.24) is 5.32 Å². The van der Waals surface area contributed by atoms with Gasteiger partial charge in [-0.15, -0.1) is 0 Å². The molecule has 3 atom stereocenters. The van der Waals surface area contributed by atoms with Gasteiger partial charge in [0.15, 0.2) is 9.84 Å². The first-order valence-electron chi connectivity index (χ1n) is 7.55. The Labute approximate surface area is 121 Å². The third-order valence-electron chi connectivity index (χ3n) is 4.65. The summed E-state index contributed by atoms with van der Waals surface area (Å²) in [6.07, 6.45) is 6.69. The van der Waals surface area contributed by atoms with E-state index < -0.39 is 9.84 Å². The topological polar surface area (TPSA) is 46.2 Å². The molecule has 20 heavy (non-hydrogen) atoms. The molecular weight excluding hydrogens is 270 g/mol. The zero-order valence-corrected chi connectivity index (χ0v) is 12.8. The predicted octanol–water partition coefficient (Wildman–Crippen LogP) is 2.69. The molecule has 0 radical (unpaired) electrons. The van der Waals surface area contributed by atoms with Crippen molar-refractivity contribution >= 4 is 9.84 Å². The second-order valence-electron chi connectivity index (χ2n) is 6.30. The molecule has 3 unspecified atom stereocenters. The van der Waals surface area contributed by atoms with E-state index in [4.69, 9.17) is 0 Å². The van der Waals surface area contributed by atoms with Gasteiger partial charge in [0.1, 0.15) is 0 Å². The average Bonchev–Trinajstić information content (AvgIpc) is 3.13.